The molecule has 160 valence electrons. The predicted octanol–water partition coefficient (Wildman–Crippen LogP) is 5.58. The van der Waals surface area contributed by atoms with Crippen LogP contribution in [0.2, 0.25) is 0 Å². The molecule has 1 aliphatic carbocycles. The van der Waals surface area contributed by atoms with E-state index in [2.05, 4.69) is 25.9 Å². The lowest BCUT2D eigenvalue weighted by atomic mass is 10.2. The van der Waals surface area contributed by atoms with Gasteiger partial charge >= 0.3 is 6.18 Å². The molecule has 1 aromatic heterocycles. The van der Waals surface area contributed by atoms with E-state index in [-0.39, 0.29) is 23.5 Å². The monoisotopic (exact) mass is 427 g/mol. The summed E-state index contributed by atoms with van der Waals surface area (Å²) in [5.41, 5.74) is 0.841. The Morgan fingerprint density at radius 2 is 1.68 bits per heavy atom. The molecule has 4 rings (SSSR count). The van der Waals surface area contributed by atoms with E-state index in [9.17, 15) is 18.0 Å². The number of nitrogens with zero attached hydrogens (tertiary/aromatic N) is 2. The van der Waals surface area contributed by atoms with Crippen LogP contribution in [-0.2, 0) is 11.0 Å². The SMILES string of the molecule is CC1CC1C(=O)Nc1cccc(Nc2nccc(Nc3cccc(C(F)(F)F)c3)n2)c1. The Labute approximate surface area is 176 Å². The number of hydrogen-bond donors (Lipinski definition) is 3. The van der Waals surface area contributed by atoms with Crippen LogP contribution in [0.4, 0.5) is 42.0 Å². The Morgan fingerprint density at radius 1 is 1.00 bits per heavy atom. The largest absolute Gasteiger partial charge is 0.416 e. The minimum atomic E-state index is -4.42. The summed E-state index contributed by atoms with van der Waals surface area (Å²) in [6.45, 7) is 2.04. The highest BCUT2D eigenvalue weighted by molar-refractivity contribution is 5.94. The Kier molecular flexibility index (Phi) is 5.50. The minimum absolute atomic E-state index is 0.00758. The summed E-state index contributed by atoms with van der Waals surface area (Å²) in [4.78, 5) is 20.6. The molecule has 1 amide bonds. The third-order valence-electron chi connectivity index (χ3n) is 4.95. The number of benzene rings is 2. The van der Waals surface area contributed by atoms with Gasteiger partial charge < -0.3 is 16.0 Å². The van der Waals surface area contributed by atoms with Gasteiger partial charge in [0.25, 0.3) is 0 Å². The lowest BCUT2D eigenvalue weighted by molar-refractivity contribution is -0.137. The van der Waals surface area contributed by atoms with Crippen LogP contribution in [0, 0.1) is 11.8 Å². The van der Waals surface area contributed by atoms with Crippen molar-refractivity contribution in [2.24, 2.45) is 11.8 Å². The van der Waals surface area contributed by atoms with Crippen LogP contribution in [0.1, 0.15) is 18.9 Å². The molecule has 0 radical (unpaired) electrons. The lowest BCUT2D eigenvalue weighted by Crippen LogP contribution is -2.14. The van der Waals surface area contributed by atoms with Crippen molar-refractivity contribution < 1.29 is 18.0 Å². The average molecular weight is 427 g/mol. The summed E-state index contributed by atoms with van der Waals surface area (Å²) in [5, 5.41) is 8.79. The number of anilines is 5. The molecule has 1 heterocycles. The fourth-order valence-corrected chi connectivity index (χ4v) is 3.14. The van der Waals surface area contributed by atoms with Gasteiger partial charge in [0, 0.05) is 29.2 Å². The molecule has 2 atom stereocenters. The molecule has 0 saturated heterocycles. The molecule has 9 heteroatoms. The summed E-state index contributed by atoms with van der Waals surface area (Å²) in [6.07, 6.45) is -2.03. The Morgan fingerprint density at radius 3 is 2.39 bits per heavy atom. The molecule has 1 saturated carbocycles. The van der Waals surface area contributed by atoms with Crippen molar-refractivity contribution in [2.75, 3.05) is 16.0 Å². The summed E-state index contributed by atoms with van der Waals surface area (Å²) in [6, 6.07) is 13.6. The molecule has 3 N–H and O–H groups in total. The van der Waals surface area contributed by atoms with E-state index in [4.69, 9.17) is 0 Å². The summed E-state index contributed by atoms with van der Waals surface area (Å²) in [5.74, 6) is 1.09. The van der Waals surface area contributed by atoms with Crippen molar-refractivity contribution in [3.05, 3.63) is 66.4 Å². The molecule has 6 nitrogen and oxygen atoms in total. The molecule has 3 aromatic rings. The quantitative estimate of drug-likeness (QED) is 0.479. The van der Waals surface area contributed by atoms with Crippen LogP contribution in [0.15, 0.2) is 60.8 Å². The number of hydrogen-bond acceptors (Lipinski definition) is 5. The van der Waals surface area contributed by atoms with Gasteiger partial charge in [0.05, 0.1) is 5.56 Å². The highest BCUT2D eigenvalue weighted by Gasteiger charge is 2.39. The van der Waals surface area contributed by atoms with E-state index >= 15 is 0 Å². The first kappa shape index (κ1) is 20.6. The molecule has 0 aliphatic heterocycles. The van der Waals surface area contributed by atoms with Crippen molar-refractivity contribution in [1.29, 1.82) is 0 Å². The van der Waals surface area contributed by atoms with E-state index in [0.29, 0.717) is 23.1 Å². The highest BCUT2D eigenvalue weighted by atomic mass is 19.4. The molecule has 1 fully saturated rings. The van der Waals surface area contributed by atoms with Crippen LogP contribution in [0.3, 0.4) is 0 Å². The number of alkyl halides is 3. The number of amides is 1. The average Bonchev–Trinajstić information content (AvgIpc) is 3.45. The van der Waals surface area contributed by atoms with Crippen LogP contribution < -0.4 is 16.0 Å². The van der Waals surface area contributed by atoms with E-state index in [1.54, 1.807) is 30.3 Å². The third-order valence-corrected chi connectivity index (χ3v) is 4.95. The van der Waals surface area contributed by atoms with E-state index < -0.39 is 11.7 Å². The number of carbonyl (C=O) groups is 1. The Bertz CT molecular complexity index is 1100. The molecular formula is C22H20F3N5O. The lowest BCUT2D eigenvalue weighted by Gasteiger charge is -2.11. The number of aromatic nitrogens is 2. The first-order chi connectivity index (χ1) is 14.8. The number of nitrogens with one attached hydrogen (secondary N) is 3. The number of carbonyl (C=O) groups excluding carboxylic acids is 1. The maximum absolute atomic E-state index is 12.9. The van der Waals surface area contributed by atoms with Gasteiger partial charge in [-0.05, 0) is 54.8 Å². The van der Waals surface area contributed by atoms with Crippen LogP contribution in [-0.4, -0.2) is 15.9 Å². The second-order valence-electron chi connectivity index (χ2n) is 7.48. The molecule has 0 spiro atoms. The molecular weight excluding hydrogens is 407 g/mol. The van der Waals surface area contributed by atoms with Crippen molar-refractivity contribution in [3.63, 3.8) is 0 Å². The standard InChI is InChI=1S/C22H20F3N5O/c1-13-10-18(13)20(31)28-16-6-3-7-17(12-16)29-21-26-9-8-19(30-21)27-15-5-2-4-14(11-15)22(23,24)25/h2-9,11-13,18H,10H2,1H3,(H,28,31)(H2,26,27,29,30). The zero-order valence-corrected chi connectivity index (χ0v) is 16.6. The molecule has 1 aliphatic rings. The predicted molar refractivity (Wildman–Crippen MR) is 112 cm³/mol. The molecule has 2 aromatic carbocycles. The van der Waals surface area contributed by atoms with Gasteiger partial charge in [0.2, 0.25) is 11.9 Å². The van der Waals surface area contributed by atoms with E-state index in [1.165, 1.54) is 18.3 Å². The van der Waals surface area contributed by atoms with Crippen molar-refractivity contribution in [2.45, 2.75) is 19.5 Å². The maximum atomic E-state index is 12.9. The fraction of sp³-hybridized carbons (Fsp3) is 0.227. The molecule has 0 bridgehead atoms. The first-order valence-electron chi connectivity index (χ1n) is 9.73. The number of halogens is 3. The zero-order chi connectivity index (χ0) is 22.0. The number of rotatable bonds is 6. The topological polar surface area (TPSA) is 78.9 Å². The van der Waals surface area contributed by atoms with Gasteiger partial charge in [-0.2, -0.15) is 18.2 Å². The zero-order valence-electron chi connectivity index (χ0n) is 16.6. The fourth-order valence-electron chi connectivity index (χ4n) is 3.14. The van der Waals surface area contributed by atoms with Crippen molar-refractivity contribution in [1.82, 2.24) is 9.97 Å². The van der Waals surface area contributed by atoms with Gasteiger partial charge in [0.15, 0.2) is 0 Å². The molecule has 2 unspecified atom stereocenters. The van der Waals surface area contributed by atoms with Gasteiger partial charge in [-0.15, -0.1) is 0 Å². The van der Waals surface area contributed by atoms with Gasteiger partial charge in [0.1, 0.15) is 5.82 Å². The van der Waals surface area contributed by atoms with Gasteiger partial charge in [-0.1, -0.05) is 19.1 Å². The van der Waals surface area contributed by atoms with Crippen molar-refractivity contribution in [3.8, 4) is 0 Å². The van der Waals surface area contributed by atoms with E-state index in [0.717, 1.165) is 18.6 Å². The van der Waals surface area contributed by atoms with Crippen LogP contribution >= 0.6 is 0 Å². The van der Waals surface area contributed by atoms with Gasteiger partial charge in [-0.25, -0.2) is 4.98 Å². The second kappa shape index (κ2) is 8.25. The normalized spacial score (nSPS) is 17.7. The second-order valence-corrected chi connectivity index (χ2v) is 7.48. The minimum Gasteiger partial charge on any atom is -0.340 e. The maximum Gasteiger partial charge on any atom is 0.416 e. The molecule has 31 heavy (non-hydrogen) atoms. The van der Waals surface area contributed by atoms with Crippen molar-refractivity contribution >= 4 is 34.7 Å². The Balaban J connectivity index is 1.44. The van der Waals surface area contributed by atoms with Crippen LogP contribution in [0.25, 0.3) is 0 Å². The summed E-state index contributed by atoms with van der Waals surface area (Å²) in [7, 11) is 0. The van der Waals surface area contributed by atoms with Crippen LogP contribution in [0.5, 0.6) is 0 Å². The summed E-state index contributed by atoms with van der Waals surface area (Å²) < 4.78 is 38.7. The Hall–Kier alpha value is -3.62. The summed E-state index contributed by atoms with van der Waals surface area (Å²) >= 11 is 0. The highest BCUT2D eigenvalue weighted by Crippen LogP contribution is 2.38. The first-order valence-corrected chi connectivity index (χ1v) is 9.73. The smallest absolute Gasteiger partial charge is 0.340 e. The third kappa shape index (κ3) is 5.30. The van der Waals surface area contributed by atoms with Gasteiger partial charge in [-0.3, -0.25) is 4.79 Å². The van der Waals surface area contributed by atoms with E-state index in [1.807, 2.05) is 6.92 Å².